The van der Waals surface area contributed by atoms with Crippen LogP contribution in [-0.2, 0) is 4.74 Å². The molecule has 2 aliphatic rings. The molecule has 1 aromatic rings. The molecule has 3 rings (SSSR count). The lowest BCUT2D eigenvalue weighted by molar-refractivity contribution is -0.0750. The highest BCUT2D eigenvalue weighted by Crippen LogP contribution is 2.31. The number of likely N-dealkylation sites (tertiary alicyclic amines) is 1. The zero-order valence-corrected chi connectivity index (χ0v) is 16.9. The summed E-state index contributed by atoms with van der Waals surface area (Å²) >= 11 is 0. The average molecular weight is 376 g/mol. The normalized spacial score (nSPS) is 27.0. The van der Waals surface area contributed by atoms with Crippen molar-refractivity contribution in [2.45, 2.75) is 25.4 Å². The lowest BCUT2D eigenvalue weighted by Gasteiger charge is -2.43. The van der Waals surface area contributed by atoms with Gasteiger partial charge in [0.1, 0.15) is 0 Å². The Labute approximate surface area is 162 Å². The van der Waals surface area contributed by atoms with Gasteiger partial charge in [0.15, 0.2) is 0 Å². The third-order valence-electron chi connectivity index (χ3n) is 6.24. The number of benzene rings is 1. The molecule has 2 fully saturated rings. The topological polar surface area (TPSA) is 56.3 Å². The number of carbonyl (C=O) groups excluding carboxylic acids is 1. The molecule has 2 saturated heterocycles. The number of carbonyl (C=O) groups is 1. The summed E-state index contributed by atoms with van der Waals surface area (Å²) in [6, 6.07) is 7.99. The molecule has 2 aliphatic heterocycles. The van der Waals surface area contributed by atoms with Crippen LogP contribution in [0.25, 0.3) is 0 Å². The zero-order valence-electron chi connectivity index (χ0n) is 16.9. The molecular formula is C21H33N3O3. The van der Waals surface area contributed by atoms with Gasteiger partial charge in [-0.2, -0.15) is 0 Å². The minimum atomic E-state index is -0.738. The molecule has 27 heavy (non-hydrogen) atoms. The Kier molecular flexibility index (Phi) is 6.40. The maximum atomic E-state index is 12.9. The van der Waals surface area contributed by atoms with Gasteiger partial charge in [-0.15, -0.1) is 0 Å². The Hall–Kier alpha value is -1.63. The van der Waals surface area contributed by atoms with Crippen LogP contribution in [-0.4, -0.2) is 86.4 Å². The highest BCUT2D eigenvalue weighted by molar-refractivity contribution is 5.94. The first-order valence-corrected chi connectivity index (χ1v) is 9.97. The van der Waals surface area contributed by atoms with E-state index in [1.165, 1.54) is 5.69 Å². The standard InChI is InChI=1S/C21H33N3O3/c1-17-16-24(10-8-21(17,26)9-15-27-3)20(25)18-4-6-19(7-5-18)23-13-11-22(2)12-14-23/h4-7,17,26H,8-16H2,1-3H3. The second-order valence-corrected chi connectivity index (χ2v) is 8.09. The summed E-state index contributed by atoms with van der Waals surface area (Å²) in [6.45, 7) is 7.91. The molecular weight excluding hydrogens is 342 g/mol. The number of likely N-dealkylation sites (N-methyl/N-ethyl adjacent to an activating group) is 1. The first kappa shape index (κ1) is 20.1. The summed E-state index contributed by atoms with van der Waals surface area (Å²) in [6.07, 6.45) is 1.22. The molecule has 6 heteroatoms. The van der Waals surface area contributed by atoms with Gasteiger partial charge in [0.2, 0.25) is 0 Å². The van der Waals surface area contributed by atoms with Gasteiger partial charge in [0, 0.05) is 70.2 Å². The molecule has 2 atom stereocenters. The number of hydrogen-bond donors (Lipinski definition) is 1. The fourth-order valence-corrected chi connectivity index (χ4v) is 4.06. The molecule has 0 spiro atoms. The van der Waals surface area contributed by atoms with Crippen molar-refractivity contribution in [1.29, 1.82) is 0 Å². The van der Waals surface area contributed by atoms with Gasteiger partial charge in [-0.05, 0) is 44.2 Å². The van der Waals surface area contributed by atoms with Crippen LogP contribution in [0.5, 0.6) is 0 Å². The monoisotopic (exact) mass is 375 g/mol. The zero-order chi connectivity index (χ0) is 19.4. The number of methoxy groups -OCH3 is 1. The molecule has 0 bridgehead atoms. The maximum absolute atomic E-state index is 12.9. The molecule has 0 saturated carbocycles. The predicted molar refractivity (Wildman–Crippen MR) is 107 cm³/mol. The molecule has 2 unspecified atom stereocenters. The maximum Gasteiger partial charge on any atom is 0.253 e. The Morgan fingerprint density at radius 1 is 1.19 bits per heavy atom. The van der Waals surface area contributed by atoms with E-state index in [0.717, 1.165) is 31.7 Å². The van der Waals surface area contributed by atoms with E-state index in [4.69, 9.17) is 4.74 Å². The fraction of sp³-hybridized carbons (Fsp3) is 0.667. The minimum absolute atomic E-state index is 0.0370. The van der Waals surface area contributed by atoms with Crippen molar-refractivity contribution < 1.29 is 14.6 Å². The number of amides is 1. The second kappa shape index (κ2) is 8.59. The molecule has 0 aliphatic carbocycles. The fourth-order valence-electron chi connectivity index (χ4n) is 4.06. The summed E-state index contributed by atoms with van der Waals surface area (Å²) in [5.74, 6) is 0.0931. The number of aliphatic hydroxyl groups is 1. The quantitative estimate of drug-likeness (QED) is 0.849. The van der Waals surface area contributed by atoms with Crippen molar-refractivity contribution in [3.63, 3.8) is 0 Å². The van der Waals surface area contributed by atoms with Crippen LogP contribution in [0.3, 0.4) is 0 Å². The minimum Gasteiger partial charge on any atom is -0.389 e. The predicted octanol–water partition coefficient (Wildman–Crippen LogP) is 1.69. The summed E-state index contributed by atoms with van der Waals surface area (Å²) in [4.78, 5) is 19.5. The van der Waals surface area contributed by atoms with Gasteiger partial charge in [-0.1, -0.05) is 6.92 Å². The molecule has 150 valence electrons. The van der Waals surface area contributed by atoms with Gasteiger partial charge >= 0.3 is 0 Å². The van der Waals surface area contributed by atoms with E-state index in [2.05, 4.69) is 29.0 Å². The SMILES string of the molecule is COCCC1(O)CCN(C(=O)c2ccc(N3CCN(C)CC3)cc2)CC1C. The number of anilines is 1. The highest BCUT2D eigenvalue weighted by Gasteiger charge is 2.39. The third-order valence-corrected chi connectivity index (χ3v) is 6.24. The highest BCUT2D eigenvalue weighted by atomic mass is 16.5. The summed E-state index contributed by atoms with van der Waals surface area (Å²) in [5, 5.41) is 10.8. The van der Waals surface area contributed by atoms with Crippen molar-refractivity contribution >= 4 is 11.6 Å². The van der Waals surface area contributed by atoms with Gasteiger partial charge in [-0.3, -0.25) is 4.79 Å². The van der Waals surface area contributed by atoms with E-state index < -0.39 is 5.60 Å². The second-order valence-electron chi connectivity index (χ2n) is 8.09. The summed E-state index contributed by atoms with van der Waals surface area (Å²) in [7, 11) is 3.80. The lowest BCUT2D eigenvalue weighted by Crippen LogP contribution is -2.52. The Morgan fingerprint density at radius 2 is 1.85 bits per heavy atom. The molecule has 1 aromatic carbocycles. The van der Waals surface area contributed by atoms with E-state index in [-0.39, 0.29) is 11.8 Å². The van der Waals surface area contributed by atoms with Crippen molar-refractivity contribution in [1.82, 2.24) is 9.80 Å². The van der Waals surface area contributed by atoms with E-state index in [9.17, 15) is 9.90 Å². The van der Waals surface area contributed by atoms with Crippen LogP contribution in [0.15, 0.2) is 24.3 Å². The number of piperazine rings is 1. The first-order valence-electron chi connectivity index (χ1n) is 9.97. The van der Waals surface area contributed by atoms with E-state index in [1.807, 2.05) is 24.0 Å². The van der Waals surface area contributed by atoms with E-state index >= 15 is 0 Å². The Balaban J connectivity index is 1.60. The molecule has 2 heterocycles. The largest absolute Gasteiger partial charge is 0.389 e. The van der Waals surface area contributed by atoms with Crippen LogP contribution in [0.1, 0.15) is 30.1 Å². The van der Waals surface area contributed by atoms with Crippen molar-refractivity contribution in [2.24, 2.45) is 5.92 Å². The number of nitrogens with zero attached hydrogens (tertiary/aromatic N) is 3. The number of ether oxygens (including phenoxy) is 1. The average Bonchev–Trinajstić information content (AvgIpc) is 2.69. The van der Waals surface area contributed by atoms with Crippen LogP contribution < -0.4 is 4.90 Å². The van der Waals surface area contributed by atoms with Gasteiger partial charge < -0.3 is 24.5 Å². The Bertz CT molecular complexity index is 628. The molecule has 0 aromatic heterocycles. The van der Waals surface area contributed by atoms with E-state index in [0.29, 0.717) is 32.5 Å². The van der Waals surface area contributed by atoms with Gasteiger partial charge in [0.05, 0.1) is 5.60 Å². The summed E-state index contributed by atoms with van der Waals surface area (Å²) in [5.41, 5.74) is 1.17. The number of hydrogen-bond acceptors (Lipinski definition) is 5. The summed E-state index contributed by atoms with van der Waals surface area (Å²) < 4.78 is 5.12. The van der Waals surface area contributed by atoms with Crippen molar-refractivity contribution in [3.8, 4) is 0 Å². The van der Waals surface area contributed by atoms with Crippen LogP contribution in [0, 0.1) is 5.92 Å². The van der Waals surface area contributed by atoms with E-state index in [1.54, 1.807) is 7.11 Å². The first-order chi connectivity index (χ1) is 12.9. The van der Waals surface area contributed by atoms with Crippen LogP contribution >= 0.6 is 0 Å². The van der Waals surface area contributed by atoms with Gasteiger partial charge in [-0.25, -0.2) is 0 Å². The molecule has 1 amide bonds. The Morgan fingerprint density at radius 3 is 2.44 bits per heavy atom. The molecule has 6 nitrogen and oxygen atoms in total. The smallest absolute Gasteiger partial charge is 0.253 e. The van der Waals surface area contributed by atoms with Crippen molar-refractivity contribution in [3.05, 3.63) is 29.8 Å². The lowest BCUT2D eigenvalue weighted by atomic mass is 9.79. The van der Waals surface area contributed by atoms with Gasteiger partial charge in [0.25, 0.3) is 5.91 Å². The van der Waals surface area contributed by atoms with Crippen molar-refractivity contribution in [2.75, 3.05) is 64.9 Å². The third kappa shape index (κ3) is 4.62. The number of rotatable bonds is 5. The molecule has 0 radical (unpaired) electrons. The molecule has 1 N–H and O–H groups in total. The van der Waals surface area contributed by atoms with Crippen LogP contribution in [0.4, 0.5) is 5.69 Å². The van der Waals surface area contributed by atoms with Crippen LogP contribution in [0.2, 0.25) is 0 Å². The number of piperidine rings is 1.